The van der Waals surface area contributed by atoms with E-state index in [0.29, 0.717) is 0 Å². The van der Waals surface area contributed by atoms with Gasteiger partial charge in [-0.25, -0.2) is 9.78 Å². The molecule has 2 N–H and O–H groups in total. The van der Waals surface area contributed by atoms with Gasteiger partial charge in [0, 0.05) is 13.6 Å². The van der Waals surface area contributed by atoms with Crippen LogP contribution in [0.4, 0.5) is 5.95 Å². The molecular weight excluding hydrogens is 308 g/mol. The van der Waals surface area contributed by atoms with Crippen LogP contribution in [0.1, 0.15) is 24.2 Å². The van der Waals surface area contributed by atoms with E-state index in [-0.39, 0.29) is 35.7 Å². The van der Waals surface area contributed by atoms with Crippen LogP contribution in [0.25, 0.3) is 11.0 Å². The van der Waals surface area contributed by atoms with Crippen LogP contribution in [0.15, 0.2) is 18.2 Å². The molecule has 0 aliphatic rings. The van der Waals surface area contributed by atoms with Crippen molar-refractivity contribution in [2.75, 3.05) is 25.9 Å². The van der Waals surface area contributed by atoms with Crippen molar-refractivity contribution in [1.29, 1.82) is 0 Å². The van der Waals surface area contributed by atoms with Crippen molar-refractivity contribution in [1.82, 2.24) is 13.3 Å². The van der Waals surface area contributed by atoms with E-state index in [9.17, 15) is 13.2 Å². The Labute approximate surface area is 128 Å². The van der Waals surface area contributed by atoms with Crippen LogP contribution in [-0.4, -0.2) is 47.8 Å². The van der Waals surface area contributed by atoms with Gasteiger partial charge in [-0.15, -0.1) is 0 Å². The minimum atomic E-state index is -3.85. The van der Waals surface area contributed by atoms with Gasteiger partial charge in [0.15, 0.2) is 0 Å². The van der Waals surface area contributed by atoms with Crippen LogP contribution in [0.3, 0.4) is 0 Å². The lowest BCUT2D eigenvalue weighted by Crippen LogP contribution is -2.32. The third kappa shape index (κ3) is 2.53. The van der Waals surface area contributed by atoms with E-state index in [2.05, 4.69) is 4.98 Å². The smallest absolute Gasteiger partial charge is 0.340 e. The summed E-state index contributed by atoms with van der Waals surface area (Å²) in [6, 6.07) is 4.63. The van der Waals surface area contributed by atoms with E-state index in [4.69, 9.17) is 10.5 Å². The number of fused-ring (bicyclic) bond motifs is 1. The maximum Gasteiger partial charge on any atom is 0.340 e. The molecule has 1 aromatic heterocycles. The Morgan fingerprint density at radius 3 is 2.68 bits per heavy atom. The molecule has 0 bridgehead atoms. The molecule has 0 fully saturated rings. The van der Waals surface area contributed by atoms with Gasteiger partial charge in [-0.1, -0.05) is 13.0 Å². The number of hydrogen-bond donors (Lipinski definition) is 1. The van der Waals surface area contributed by atoms with Crippen LogP contribution in [0, 0.1) is 0 Å². The monoisotopic (exact) mass is 326 g/mol. The first kappa shape index (κ1) is 16.2. The number of anilines is 1. The molecule has 0 saturated heterocycles. The van der Waals surface area contributed by atoms with E-state index >= 15 is 0 Å². The molecule has 2 aromatic rings. The van der Waals surface area contributed by atoms with Crippen LogP contribution < -0.4 is 5.73 Å². The van der Waals surface area contributed by atoms with Crippen LogP contribution in [-0.2, 0) is 14.9 Å². The minimum absolute atomic E-state index is 0.180. The summed E-state index contributed by atoms with van der Waals surface area (Å²) in [7, 11) is -2.41. The van der Waals surface area contributed by atoms with Gasteiger partial charge in [0.2, 0.25) is 5.95 Å². The summed E-state index contributed by atoms with van der Waals surface area (Å²) >= 11 is 0. The average molecular weight is 326 g/mol. The fourth-order valence-electron chi connectivity index (χ4n) is 2.01. The first-order chi connectivity index (χ1) is 10.3. The molecule has 0 spiro atoms. The highest BCUT2D eigenvalue weighted by atomic mass is 32.2. The van der Waals surface area contributed by atoms with Gasteiger partial charge in [-0.2, -0.15) is 16.7 Å². The van der Waals surface area contributed by atoms with E-state index in [1.54, 1.807) is 26.0 Å². The second-order valence-corrected chi connectivity index (χ2v) is 6.43. The Bertz CT molecular complexity index is 813. The summed E-state index contributed by atoms with van der Waals surface area (Å²) < 4.78 is 32.1. The second kappa shape index (κ2) is 5.93. The zero-order chi connectivity index (χ0) is 16.5. The maximum absolute atomic E-state index is 12.5. The summed E-state index contributed by atoms with van der Waals surface area (Å²) in [5, 5.41) is 0. The molecule has 8 nitrogen and oxygen atoms in total. The van der Waals surface area contributed by atoms with E-state index in [1.165, 1.54) is 13.1 Å². The zero-order valence-corrected chi connectivity index (χ0v) is 13.4. The predicted molar refractivity (Wildman–Crippen MR) is 82.7 cm³/mol. The fraction of sp³-hybridized carbons (Fsp3) is 0.385. The van der Waals surface area contributed by atoms with Crippen molar-refractivity contribution in [3.63, 3.8) is 0 Å². The molecule has 1 heterocycles. The van der Waals surface area contributed by atoms with Gasteiger partial charge in [-0.05, 0) is 19.1 Å². The molecule has 120 valence electrons. The Balaban J connectivity index is 2.72. The third-order valence-corrected chi connectivity index (χ3v) is 5.12. The number of rotatable bonds is 5. The molecule has 1 aromatic carbocycles. The van der Waals surface area contributed by atoms with Crippen LogP contribution >= 0.6 is 0 Å². The molecule has 0 aliphatic heterocycles. The fourth-order valence-corrected chi connectivity index (χ4v) is 3.29. The summed E-state index contributed by atoms with van der Waals surface area (Å²) in [5.74, 6) is -0.772. The largest absolute Gasteiger partial charge is 0.462 e. The lowest BCUT2D eigenvalue weighted by molar-refractivity contribution is 0.0528. The number of aromatic nitrogens is 2. The lowest BCUT2D eigenvalue weighted by atomic mass is 10.2. The average Bonchev–Trinajstić information content (AvgIpc) is 2.82. The van der Waals surface area contributed by atoms with Gasteiger partial charge in [0.05, 0.1) is 17.7 Å². The predicted octanol–water partition coefficient (Wildman–Crippen LogP) is 0.840. The maximum atomic E-state index is 12.5. The molecule has 0 radical (unpaired) electrons. The van der Waals surface area contributed by atoms with E-state index in [1.807, 2.05) is 0 Å². The summed E-state index contributed by atoms with van der Waals surface area (Å²) in [4.78, 5) is 16.0. The number of ether oxygens (including phenoxy) is 1. The summed E-state index contributed by atoms with van der Waals surface area (Å²) in [6.07, 6.45) is 0. The number of nitrogens with zero attached hydrogens (tertiary/aromatic N) is 3. The number of nitrogens with two attached hydrogens (primary N) is 1. The number of para-hydroxylation sites is 1. The van der Waals surface area contributed by atoms with Gasteiger partial charge in [0.25, 0.3) is 0 Å². The molecule has 9 heteroatoms. The highest BCUT2D eigenvalue weighted by Gasteiger charge is 2.26. The number of carbonyl (C=O) groups excluding carboxylic acids is 1. The number of esters is 1. The molecule has 0 saturated carbocycles. The number of nitrogen functional groups attached to an aromatic ring is 1. The van der Waals surface area contributed by atoms with Crippen molar-refractivity contribution >= 4 is 33.2 Å². The number of imidazole rings is 1. The highest BCUT2D eigenvalue weighted by molar-refractivity contribution is 7.87. The third-order valence-electron chi connectivity index (χ3n) is 3.23. The molecule has 22 heavy (non-hydrogen) atoms. The van der Waals surface area contributed by atoms with E-state index < -0.39 is 16.2 Å². The van der Waals surface area contributed by atoms with E-state index in [0.717, 1.165) is 8.28 Å². The topological polar surface area (TPSA) is 108 Å². The Morgan fingerprint density at radius 1 is 1.41 bits per heavy atom. The Kier molecular flexibility index (Phi) is 4.38. The number of hydrogen-bond acceptors (Lipinski definition) is 6. The first-order valence-corrected chi connectivity index (χ1v) is 8.15. The van der Waals surface area contributed by atoms with Crippen molar-refractivity contribution in [2.24, 2.45) is 0 Å². The number of benzene rings is 1. The zero-order valence-electron chi connectivity index (χ0n) is 12.6. The molecule has 0 atom stereocenters. The van der Waals surface area contributed by atoms with Crippen molar-refractivity contribution in [3.05, 3.63) is 23.8 Å². The Hall–Kier alpha value is -2.13. The first-order valence-electron chi connectivity index (χ1n) is 6.75. The SMILES string of the molecule is CCOC(=O)c1cccc2c1nc(N)n2S(=O)(=O)N(C)CC. The number of carbonyl (C=O) groups is 1. The van der Waals surface area contributed by atoms with Gasteiger partial charge in [0.1, 0.15) is 5.52 Å². The van der Waals surface area contributed by atoms with Crippen molar-refractivity contribution < 1.29 is 17.9 Å². The molecule has 0 unspecified atom stereocenters. The lowest BCUT2D eigenvalue weighted by Gasteiger charge is -2.16. The van der Waals surface area contributed by atoms with Gasteiger partial charge in [-0.3, -0.25) is 0 Å². The molecule has 0 aliphatic carbocycles. The van der Waals surface area contributed by atoms with Crippen LogP contribution in [0.5, 0.6) is 0 Å². The standard InChI is InChI=1S/C13H18N4O4S/c1-4-16(3)22(19,20)17-10-8-6-7-9(12(18)21-5-2)11(10)15-13(17)14/h6-8H,4-5H2,1-3H3,(H2,14,15). The summed E-state index contributed by atoms with van der Waals surface area (Å²) in [6.45, 7) is 3.88. The normalized spacial score (nSPS) is 12.0. The Morgan fingerprint density at radius 2 is 2.09 bits per heavy atom. The quantitative estimate of drug-likeness (QED) is 0.816. The molecular formula is C13H18N4O4S. The summed E-state index contributed by atoms with van der Waals surface area (Å²) in [5.41, 5.74) is 6.39. The second-order valence-electron chi connectivity index (χ2n) is 4.55. The van der Waals surface area contributed by atoms with Gasteiger partial charge >= 0.3 is 16.2 Å². The molecule has 2 rings (SSSR count). The van der Waals surface area contributed by atoms with Gasteiger partial charge < -0.3 is 10.5 Å². The van der Waals surface area contributed by atoms with Crippen molar-refractivity contribution in [3.8, 4) is 0 Å². The minimum Gasteiger partial charge on any atom is -0.462 e. The highest BCUT2D eigenvalue weighted by Crippen LogP contribution is 2.25. The van der Waals surface area contributed by atoms with Crippen LogP contribution in [0.2, 0.25) is 0 Å². The molecule has 0 amide bonds. The van der Waals surface area contributed by atoms with Crippen molar-refractivity contribution in [2.45, 2.75) is 13.8 Å².